The summed E-state index contributed by atoms with van der Waals surface area (Å²) in [4.78, 5) is 14.7. The van der Waals surface area contributed by atoms with E-state index in [1.54, 1.807) is 23.9 Å². The van der Waals surface area contributed by atoms with Crippen molar-refractivity contribution in [2.45, 2.75) is 13.8 Å². The highest BCUT2D eigenvalue weighted by atomic mass is 16.2. The molecule has 0 aliphatic heterocycles. The molecule has 3 nitrogen and oxygen atoms in total. The van der Waals surface area contributed by atoms with Crippen molar-refractivity contribution in [2.24, 2.45) is 0 Å². The Morgan fingerprint density at radius 3 is 2.17 bits per heavy atom. The predicted octanol–water partition coefficient (Wildman–Crippen LogP) is 1.57. The molecule has 0 aromatic rings. The standard InChI is InChI=1S/C9H18N2O/c1-6-10(4)9(12)11(5)7-8(2)3/h2,6-7H2,1,3-5H3. The molecule has 0 aromatic heterocycles. The van der Waals surface area contributed by atoms with Gasteiger partial charge in [0.25, 0.3) is 0 Å². The number of urea groups is 1. The van der Waals surface area contributed by atoms with Gasteiger partial charge in [0.05, 0.1) is 0 Å². The monoisotopic (exact) mass is 170 g/mol. The summed E-state index contributed by atoms with van der Waals surface area (Å²) < 4.78 is 0. The van der Waals surface area contributed by atoms with Crippen LogP contribution in [0.1, 0.15) is 13.8 Å². The van der Waals surface area contributed by atoms with E-state index in [0.717, 1.165) is 12.1 Å². The van der Waals surface area contributed by atoms with E-state index in [0.29, 0.717) is 6.54 Å². The van der Waals surface area contributed by atoms with Gasteiger partial charge in [0.2, 0.25) is 0 Å². The second-order valence-electron chi connectivity index (χ2n) is 3.11. The Kier molecular flexibility index (Phi) is 4.40. The minimum absolute atomic E-state index is 0.0421. The first-order chi connectivity index (χ1) is 5.49. The summed E-state index contributed by atoms with van der Waals surface area (Å²) in [6, 6.07) is 0.0421. The van der Waals surface area contributed by atoms with Gasteiger partial charge in [-0.25, -0.2) is 4.79 Å². The quantitative estimate of drug-likeness (QED) is 0.590. The SMILES string of the molecule is C=C(C)CN(C)C(=O)N(C)CC. The highest BCUT2D eigenvalue weighted by Crippen LogP contribution is 1.97. The topological polar surface area (TPSA) is 23.6 Å². The molecule has 70 valence electrons. The minimum Gasteiger partial charge on any atom is -0.328 e. The highest BCUT2D eigenvalue weighted by Gasteiger charge is 2.11. The van der Waals surface area contributed by atoms with Crippen molar-refractivity contribution in [1.29, 1.82) is 0 Å². The van der Waals surface area contributed by atoms with Crippen LogP contribution in [0.2, 0.25) is 0 Å². The number of likely N-dealkylation sites (N-methyl/N-ethyl adjacent to an activating group) is 1. The van der Waals surface area contributed by atoms with Gasteiger partial charge >= 0.3 is 6.03 Å². The lowest BCUT2D eigenvalue weighted by atomic mass is 10.3. The van der Waals surface area contributed by atoms with Crippen LogP contribution in [0.4, 0.5) is 4.79 Å². The molecule has 0 fully saturated rings. The van der Waals surface area contributed by atoms with Crippen LogP contribution >= 0.6 is 0 Å². The lowest BCUT2D eigenvalue weighted by Crippen LogP contribution is -2.39. The average molecular weight is 170 g/mol. The van der Waals surface area contributed by atoms with Gasteiger partial charge in [-0.2, -0.15) is 0 Å². The van der Waals surface area contributed by atoms with Gasteiger partial charge < -0.3 is 9.80 Å². The summed E-state index contributed by atoms with van der Waals surface area (Å²) in [5.74, 6) is 0. The Balaban J connectivity index is 4.01. The molecule has 0 aliphatic carbocycles. The maximum absolute atomic E-state index is 11.4. The summed E-state index contributed by atoms with van der Waals surface area (Å²) >= 11 is 0. The first-order valence-electron chi connectivity index (χ1n) is 4.09. The van der Waals surface area contributed by atoms with Crippen molar-refractivity contribution in [2.75, 3.05) is 27.2 Å². The normalized spacial score (nSPS) is 9.33. The fourth-order valence-corrected chi connectivity index (χ4v) is 0.899. The van der Waals surface area contributed by atoms with Crippen LogP contribution in [-0.2, 0) is 0 Å². The number of hydrogen-bond donors (Lipinski definition) is 0. The molecule has 0 heterocycles. The van der Waals surface area contributed by atoms with Gasteiger partial charge in [0.15, 0.2) is 0 Å². The summed E-state index contributed by atoms with van der Waals surface area (Å²) in [6.45, 7) is 8.98. The first kappa shape index (κ1) is 11.0. The van der Waals surface area contributed by atoms with Gasteiger partial charge in [0, 0.05) is 27.2 Å². The second kappa shape index (κ2) is 4.80. The van der Waals surface area contributed by atoms with Crippen LogP contribution < -0.4 is 0 Å². The van der Waals surface area contributed by atoms with E-state index in [1.165, 1.54) is 0 Å². The van der Waals surface area contributed by atoms with E-state index >= 15 is 0 Å². The molecule has 0 atom stereocenters. The van der Waals surface area contributed by atoms with E-state index in [9.17, 15) is 4.79 Å². The summed E-state index contributed by atoms with van der Waals surface area (Å²) in [5, 5.41) is 0. The molecule has 0 spiro atoms. The largest absolute Gasteiger partial charge is 0.328 e. The van der Waals surface area contributed by atoms with Crippen molar-refractivity contribution in [3.8, 4) is 0 Å². The van der Waals surface area contributed by atoms with E-state index in [4.69, 9.17) is 0 Å². The van der Waals surface area contributed by atoms with Crippen LogP contribution in [-0.4, -0.2) is 43.0 Å². The molecule has 12 heavy (non-hydrogen) atoms. The zero-order valence-electron chi connectivity index (χ0n) is 8.42. The Morgan fingerprint density at radius 1 is 1.33 bits per heavy atom. The van der Waals surface area contributed by atoms with Crippen molar-refractivity contribution >= 4 is 6.03 Å². The second-order valence-corrected chi connectivity index (χ2v) is 3.11. The highest BCUT2D eigenvalue weighted by molar-refractivity contribution is 5.74. The number of amides is 2. The molecule has 0 saturated carbocycles. The minimum atomic E-state index is 0.0421. The molecule has 0 rings (SSSR count). The van der Waals surface area contributed by atoms with Crippen LogP contribution in [0.3, 0.4) is 0 Å². The molecule has 0 N–H and O–H groups in total. The molecular formula is C9H18N2O. The predicted molar refractivity (Wildman–Crippen MR) is 51.1 cm³/mol. The lowest BCUT2D eigenvalue weighted by molar-refractivity contribution is 0.179. The lowest BCUT2D eigenvalue weighted by Gasteiger charge is -2.23. The van der Waals surface area contributed by atoms with Crippen LogP contribution in [0, 0.1) is 0 Å². The third-order valence-corrected chi connectivity index (χ3v) is 1.63. The molecule has 0 radical (unpaired) electrons. The van der Waals surface area contributed by atoms with Crippen molar-refractivity contribution in [1.82, 2.24) is 9.80 Å². The van der Waals surface area contributed by atoms with Gasteiger partial charge in [-0.15, -0.1) is 0 Å². The molecule has 0 saturated heterocycles. The summed E-state index contributed by atoms with van der Waals surface area (Å²) in [5.41, 5.74) is 0.996. The molecule has 0 aliphatic rings. The third kappa shape index (κ3) is 3.42. The Hall–Kier alpha value is -0.990. The number of carbonyl (C=O) groups excluding carboxylic acids is 1. The Morgan fingerprint density at radius 2 is 1.83 bits per heavy atom. The van der Waals surface area contributed by atoms with Crippen LogP contribution in [0.15, 0.2) is 12.2 Å². The Labute approximate surface area is 74.7 Å². The van der Waals surface area contributed by atoms with Gasteiger partial charge in [-0.1, -0.05) is 12.2 Å². The van der Waals surface area contributed by atoms with E-state index in [1.807, 2.05) is 13.8 Å². The van der Waals surface area contributed by atoms with E-state index in [2.05, 4.69) is 6.58 Å². The average Bonchev–Trinajstić information content (AvgIpc) is 2.00. The molecule has 0 unspecified atom stereocenters. The van der Waals surface area contributed by atoms with Gasteiger partial charge in [-0.05, 0) is 13.8 Å². The number of nitrogens with zero attached hydrogens (tertiary/aromatic N) is 2. The van der Waals surface area contributed by atoms with Crippen LogP contribution in [0.25, 0.3) is 0 Å². The fraction of sp³-hybridized carbons (Fsp3) is 0.667. The molecule has 2 amide bonds. The van der Waals surface area contributed by atoms with E-state index < -0.39 is 0 Å². The number of hydrogen-bond acceptors (Lipinski definition) is 1. The smallest absolute Gasteiger partial charge is 0.319 e. The van der Waals surface area contributed by atoms with Crippen molar-refractivity contribution in [3.05, 3.63) is 12.2 Å². The molecule has 3 heteroatoms. The number of carbonyl (C=O) groups is 1. The third-order valence-electron chi connectivity index (χ3n) is 1.63. The van der Waals surface area contributed by atoms with Crippen molar-refractivity contribution in [3.63, 3.8) is 0 Å². The van der Waals surface area contributed by atoms with Crippen LogP contribution in [0.5, 0.6) is 0 Å². The first-order valence-corrected chi connectivity index (χ1v) is 4.09. The van der Waals surface area contributed by atoms with Gasteiger partial charge in [-0.3, -0.25) is 0 Å². The maximum Gasteiger partial charge on any atom is 0.319 e. The Bertz CT molecular complexity index is 177. The molecular weight excluding hydrogens is 152 g/mol. The zero-order chi connectivity index (χ0) is 9.72. The summed E-state index contributed by atoms with van der Waals surface area (Å²) in [6.07, 6.45) is 0. The fourth-order valence-electron chi connectivity index (χ4n) is 0.899. The van der Waals surface area contributed by atoms with Gasteiger partial charge in [0.1, 0.15) is 0 Å². The van der Waals surface area contributed by atoms with E-state index in [-0.39, 0.29) is 6.03 Å². The molecule has 0 bridgehead atoms. The number of rotatable bonds is 3. The maximum atomic E-state index is 11.4. The van der Waals surface area contributed by atoms with Crippen molar-refractivity contribution < 1.29 is 4.79 Å². The molecule has 0 aromatic carbocycles. The zero-order valence-corrected chi connectivity index (χ0v) is 8.42. The summed E-state index contributed by atoms with van der Waals surface area (Å²) in [7, 11) is 3.57.